The van der Waals surface area contributed by atoms with E-state index in [9.17, 15) is 18.0 Å². The maximum absolute atomic E-state index is 12.7. The summed E-state index contributed by atoms with van der Waals surface area (Å²) in [4.78, 5) is 26.1. The van der Waals surface area contributed by atoms with Crippen molar-refractivity contribution in [3.63, 3.8) is 0 Å². The van der Waals surface area contributed by atoms with Gasteiger partial charge >= 0.3 is 22.4 Å². The smallest absolute Gasteiger partial charge is 0.422 e. The number of carbonyl (C=O) groups excluding carboxylic acids is 2. The van der Waals surface area contributed by atoms with E-state index in [1.807, 2.05) is 4.72 Å². The van der Waals surface area contributed by atoms with Crippen molar-refractivity contribution in [2.45, 2.75) is 58.8 Å². The molecule has 0 unspecified atom stereocenters. The molecule has 0 radical (unpaired) electrons. The molecular weight excluding hydrogens is 521 g/mol. The third-order valence-corrected chi connectivity index (χ3v) is 6.34. The summed E-state index contributed by atoms with van der Waals surface area (Å²) in [5.41, 5.74) is -0.918. The SMILES string of the molecule is CC(C)(C)OC(=O)NS(=O)(=O)NC[C@@H]1CN(C(=O)OC(C)(C)C)CCO[C@H]1c1ccc(Cl)c(Cl)c1. The van der Waals surface area contributed by atoms with Crippen LogP contribution in [0.3, 0.4) is 0 Å². The van der Waals surface area contributed by atoms with Gasteiger partial charge in [0.1, 0.15) is 11.2 Å². The van der Waals surface area contributed by atoms with E-state index in [0.717, 1.165) is 0 Å². The minimum atomic E-state index is -4.26. The van der Waals surface area contributed by atoms with E-state index in [1.165, 1.54) is 4.90 Å². The summed E-state index contributed by atoms with van der Waals surface area (Å²) in [5.74, 6) is -0.558. The van der Waals surface area contributed by atoms with Crippen LogP contribution in [0.4, 0.5) is 9.59 Å². The van der Waals surface area contributed by atoms with Crippen LogP contribution in [0.2, 0.25) is 10.0 Å². The second-order valence-electron chi connectivity index (χ2n) is 10.1. The molecule has 0 spiro atoms. The maximum atomic E-state index is 12.7. The fourth-order valence-corrected chi connectivity index (χ4v) is 4.35. The molecule has 0 bridgehead atoms. The monoisotopic (exact) mass is 553 g/mol. The van der Waals surface area contributed by atoms with Crippen molar-refractivity contribution >= 4 is 45.6 Å². The van der Waals surface area contributed by atoms with Crippen LogP contribution < -0.4 is 9.44 Å². The molecule has 198 valence electrons. The van der Waals surface area contributed by atoms with Gasteiger partial charge in [0.25, 0.3) is 0 Å². The van der Waals surface area contributed by atoms with E-state index < -0.39 is 45.6 Å². The number of ether oxygens (including phenoxy) is 3. The Kier molecular flexibility index (Phi) is 9.68. The van der Waals surface area contributed by atoms with Crippen molar-refractivity contribution < 1.29 is 32.2 Å². The summed E-state index contributed by atoms with van der Waals surface area (Å²) in [6, 6.07) is 4.98. The molecule has 0 saturated carbocycles. The molecule has 13 heteroatoms. The van der Waals surface area contributed by atoms with Gasteiger partial charge in [0.2, 0.25) is 0 Å². The highest BCUT2D eigenvalue weighted by atomic mass is 35.5. The van der Waals surface area contributed by atoms with Crippen LogP contribution in [0.15, 0.2) is 18.2 Å². The number of rotatable bonds is 5. The predicted octanol–water partition coefficient (Wildman–Crippen LogP) is 4.28. The number of halogens is 2. The Morgan fingerprint density at radius 2 is 1.71 bits per heavy atom. The fraction of sp³-hybridized carbons (Fsp3) is 0.636. The van der Waals surface area contributed by atoms with Crippen LogP contribution in [-0.2, 0) is 24.4 Å². The van der Waals surface area contributed by atoms with Gasteiger partial charge in [-0.05, 0) is 59.2 Å². The molecule has 1 aliphatic rings. The Morgan fingerprint density at radius 1 is 1.09 bits per heavy atom. The van der Waals surface area contributed by atoms with Crippen molar-refractivity contribution in [3.05, 3.63) is 33.8 Å². The Morgan fingerprint density at radius 3 is 2.29 bits per heavy atom. The van der Waals surface area contributed by atoms with E-state index in [-0.39, 0.29) is 26.2 Å². The molecule has 10 nitrogen and oxygen atoms in total. The normalized spacial score (nSPS) is 19.6. The third-order valence-electron chi connectivity index (χ3n) is 4.62. The number of nitrogens with one attached hydrogen (secondary N) is 2. The molecule has 2 N–H and O–H groups in total. The predicted molar refractivity (Wildman–Crippen MR) is 133 cm³/mol. The van der Waals surface area contributed by atoms with Gasteiger partial charge in [0, 0.05) is 25.6 Å². The van der Waals surface area contributed by atoms with Crippen LogP contribution in [0.5, 0.6) is 0 Å². The first-order valence-electron chi connectivity index (χ1n) is 11.0. The van der Waals surface area contributed by atoms with Gasteiger partial charge in [-0.25, -0.2) is 14.3 Å². The zero-order valence-corrected chi connectivity index (χ0v) is 23.0. The lowest BCUT2D eigenvalue weighted by molar-refractivity contribution is 0.0230. The first kappa shape index (κ1) is 29.4. The molecule has 1 aliphatic heterocycles. The minimum absolute atomic E-state index is 0.120. The molecule has 1 saturated heterocycles. The summed E-state index contributed by atoms with van der Waals surface area (Å²) >= 11 is 12.2. The van der Waals surface area contributed by atoms with Gasteiger partial charge < -0.3 is 19.1 Å². The quantitative estimate of drug-likeness (QED) is 0.557. The summed E-state index contributed by atoms with van der Waals surface area (Å²) in [6.45, 7) is 10.5. The van der Waals surface area contributed by atoms with Gasteiger partial charge in [-0.1, -0.05) is 29.3 Å². The zero-order chi connectivity index (χ0) is 26.6. The van der Waals surface area contributed by atoms with Crippen LogP contribution in [0.25, 0.3) is 0 Å². The number of carbonyl (C=O) groups is 2. The Labute approximate surface area is 216 Å². The lowest BCUT2D eigenvalue weighted by Gasteiger charge is -2.30. The molecule has 2 amide bonds. The van der Waals surface area contributed by atoms with Crippen LogP contribution in [0.1, 0.15) is 53.2 Å². The molecule has 1 fully saturated rings. The lowest BCUT2D eigenvalue weighted by Crippen LogP contribution is -2.47. The summed E-state index contributed by atoms with van der Waals surface area (Å²) in [6.07, 6.45) is -2.28. The molecule has 1 aromatic carbocycles. The van der Waals surface area contributed by atoms with Crippen molar-refractivity contribution in [2.24, 2.45) is 5.92 Å². The van der Waals surface area contributed by atoms with E-state index in [4.69, 9.17) is 37.4 Å². The number of nitrogens with zero attached hydrogens (tertiary/aromatic N) is 1. The number of hydrogen-bond donors (Lipinski definition) is 2. The molecule has 1 heterocycles. The third kappa shape index (κ3) is 10.0. The zero-order valence-electron chi connectivity index (χ0n) is 20.7. The first-order valence-corrected chi connectivity index (χ1v) is 13.2. The molecule has 0 aromatic heterocycles. The topological polar surface area (TPSA) is 123 Å². The first-order chi connectivity index (χ1) is 16.0. The van der Waals surface area contributed by atoms with Crippen LogP contribution in [0, 0.1) is 5.92 Å². The molecular formula is C22H33Cl2N3O7S. The van der Waals surface area contributed by atoms with Gasteiger partial charge in [-0.15, -0.1) is 0 Å². The van der Waals surface area contributed by atoms with Crippen LogP contribution in [-0.4, -0.2) is 62.9 Å². The largest absolute Gasteiger partial charge is 0.444 e. The number of amides is 2. The van der Waals surface area contributed by atoms with E-state index in [0.29, 0.717) is 15.6 Å². The molecule has 35 heavy (non-hydrogen) atoms. The Hall–Kier alpha value is -1.79. The molecule has 0 aliphatic carbocycles. The van der Waals surface area contributed by atoms with E-state index >= 15 is 0 Å². The van der Waals surface area contributed by atoms with Crippen molar-refractivity contribution in [1.82, 2.24) is 14.3 Å². The standard InChI is InChI=1S/C22H33Cl2N3O7S/c1-21(2,3)33-19(28)26-35(30,31)25-12-15-13-27(20(29)34-22(4,5)6)9-10-32-18(15)14-7-8-16(23)17(24)11-14/h7-8,11,15,18,25H,9-10,12-13H2,1-6H3,(H,26,28)/t15-,18+/m1/s1. The average molecular weight is 554 g/mol. The Bertz CT molecular complexity index is 1020. The van der Waals surface area contributed by atoms with E-state index in [2.05, 4.69) is 4.72 Å². The highest BCUT2D eigenvalue weighted by Gasteiger charge is 2.34. The summed E-state index contributed by atoms with van der Waals surface area (Å²) in [5, 5.41) is 0.671. The minimum Gasteiger partial charge on any atom is -0.444 e. The van der Waals surface area contributed by atoms with E-state index in [1.54, 1.807) is 59.7 Å². The maximum Gasteiger partial charge on any atom is 0.422 e. The Balaban J connectivity index is 2.25. The van der Waals surface area contributed by atoms with Gasteiger partial charge in [-0.2, -0.15) is 13.1 Å². The highest BCUT2D eigenvalue weighted by molar-refractivity contribution is 7.88. The number of benzene rings is 1. The molecule has 2 atom stereocenters. The molecule has 1 aromatic rings. The van der Waals surface area contributed by atoms with Crippen LogP contribution >= 0.6 is 23.2 Å². The van der Waals surface area contributed by atoms with Gasteiger partial charge in [0.05, 0.1) is 22.8 Å². The summed E-state index contributed by atoms with van der Waals surface area (Å²) in [7, 11) is -4.26. The lowest BCUT2D eigenvalue weighted by atomic mass is 9.95. The second-order valence-corrected chi connectivity index (χ2v) is 12.4. The average Bonchev–Trinajstić information content (AvgIpc) is 2.88. The van der Waals surface area contributed by atoms with Gasteiger partial charge in [-0.3, -0.25) is 0 Å². The summed E-state index contributed by atoms with van der Waals surface area (Å²) < 4.78 is 45.7. The highest BCUT2D eigenvalue weighted by Crippen LogP contribution is 2.33. The van der Waals surface area contributed by atoms with Crippen molar-refractivity contribution in [3.8, 4) is 0 Å². The van der Waals surface area contributed by atoms with Gasteiger partial charge in [0.15, 0.2) is 0 Å². The molecule has 2 rings (SSSR count). The van der Waals surface area contributed by atoms with Crippen molar-refractivity contribution in [2.75, 3.05) is 26.2 Å². The second kappa shape index (κ2) is 11.5. The fourth-order valence-electron chi connectivity index (χ4n) is 3.28. The van der Waals surface area contributed by atoms with Crippen molar-refractivity contribution in [1.29, 1.82) is 0 Å². The number of hydrogen-bond acceptors (Lipinski definition) is 7.